The summed E-state index contributed by atoms with van der Waals surface area (Å²) < 4.78 is 2.20. The van der Waals surface area contributed by atoms with Gasteiger partial charge in [0.25, 0.3) is 5.56 Å². The van der Waals surface area contributed by atoms with Crippen LogP contribution < -0.4 is 20.9 Å². The van der Waals surface area contributed by atoms with Crippen molar-refractivity contribution in [2.45, 2.75) is 0 Å². The molecule has 0 bridgehead atoms. The summed E-state index contributed by atoms with van der Waals surface area (Å²) in [6.45, 7) is 0. The Morgan fingerprint density at radius 1 is 1.21 bits per heavy atom. The molecule has 6 nitrogen and oxygen atoms in total. The zero-order chi connectivity index (χ0) is 16.7. The van der Waals surface area contributed by atoms with Crippen LogP contribution in [0.2, 0.25) is 0 Å². The third-order valence-corrected chi connectivity index (χ3v) is 5.26. The zero-order valence-corrected chi connectivity index (χ0v) is 13.8. The SMILES string of the molecule is N=c1/c(=C\c2cccs2)c(=O)nc2sc(=C3C=CC(=O)C=C3)[nH]n1-2. The van der Waals surface area contributed by atoms with Gasteiger partial charge >= 0.3 is 0 Å². The number of H-pyrrole nitrogens is 1. The van der Waals surface area contributed by atoms with Gasteiger partial charge in [-0.25, -0.2) is 4.68 Å². The number of hydrogen-bond acceptors (Lipinski definition) is 6. The highest BCUT2D eigenvalue weighted by Gasteiger charge is 2.12. The first-order valence-electron chi connectivity index (χ1n) is 6.98. The maximum Gasteiger partial charge on any atom is 0.283 e. The van der Waals surface area contributed by atoms with E-state index in [1.54, 1.807) is 18.2 Å². The van der Waals surface area contributed by atoms with Crippen LogP contribution in [-0.4, -0.2) is 20.5 Å². The van der Waals surface area contributed by atoms with Crippen LogP contribution in [0.5, 0.6) is 0 Å². The zero-order valence-electron chi connectivity index (χ0n) is 12.1. The summed E-state index contributed by atoms with van der Waals surface area (Å²) in [6, 6.07) is 3.77. The van der Waals surface area contributed by atoms with Crippen LogP contribution in [0.4, 0.5) is 0 Å². The summed E-state index contributed by atoms with van der Waals surface area (Å²) in [6.07, 6.45) is 8.02. The Bertz CT molecular complexity index is 1190. The molecule has 1 aliphatic carbocycles. The lowest BCUT2D eigenvalue weighted by Gasteiger charge is -1.99. The molecule has 0 saturated carbocycles. The van der Waals surface area contributed by atoms with Gasteiger partial charge in [0.1, 0.15) is 4.66 Å². The fourth-order valence-corrected chi connectivity index (χ4v) is 3.87. The van der Waals surface area contributed by atoms with Gasteiger partial charge in [0, 0.05) is 10.5 Å². The molecule has 24 heavy (non-hydrogen) atoms. The minimum Gasteiger partial charge on any atom is -0.290 e. The van der Waals surface area contributed by atoms with Crippen LogP contribution in [0.3, 0.4) is 0 Å². The third-order valence-electron chi connectivity index (χ3n) is 3.45. The van der Waals surface area contributed by atoms with Gasteiger partial charge in [-0.05, 0) is 41.8 Å². The van der Waals surface area contributed by atoms with E-state index in [0.717, 1.165) is 15.1 Å². The van der Waals surface area contributed by atoms with Crippen LogP contribution >= 0.6 is 22.7 Å². The van der Waals surface area contributed by atoms with E-state index in [0.29, 0.717) is 5.13 Å². The number of rotatable bonds is 1. The summed E-state index contributed by atoms with van der Waals surface area (Å²) in [7, 11) is 0. The van der Waals surface area contributed by atoms with Gasteiger partial charge < -0.3 is 0 Å². The summed E-state index contributed by atoms with van der Waals surface area (Å²) in [5, 5.41) is 14.0. The molecule has 0 aromatic carbocycles. The van der Waals surface area contributed by atoms with Crippen molar-refractivity contribution in [3.8, 4) is 5.13 Å². The van der Waals surface area contributed by atoms with E-state index in [1.807, 2.05) is 17.5 Å². The molecule has 118 valence electrons. The van der Waals surface area contributed by atoms with Crippen LogP contribution in [0.1, 0.15) is 4.88 Å². The number of carbonyl (C=O) groups is 1. The second-order valence-electron chi connectivity index (χ2n) is 5.02. The first-order valence-corrected chi connectivity index (χ1v) is 8.67. The number of nitrogens with one attached hydrogen (secondary N) is 2. The van der Waals surface area contributed by atoms with Crippen molar-refractivity contribution in [1.82, 2.24) is 14.8 Å². The number of hydrogen-bond donors (Lipinski definition) is 2. The van der Waals surface area contributed by atoms with E-state index in [4.69, 9.17) is 5.41 Å². The van der Waals surface area contributed by atoms with Gasteiger partial charge in [-0.3, -0.25) is 20.1 Å². The van der Waals surface area contributed by atoms with Gasteiger partial charge in [-0.15, -0.1) is 11.3 Å². The summed E-state index contributed by atoms with van der Waals surface area (Å²) in [4.78, 5) is 28.4. The number of carbonyl (C=O) groups excluding carboxylic acids is 1. The lowest BCUT2D eigenvalue weighted by molar-refractivity contribution is -0.110. The van der Waals surface area contributed by atoms with E-state index in [9.17, 15) is 9.59 Å². The van der Waals surface area contributed by atoms with Crippen molar-refractivity contribution in [2.24, 2.45) is 0 Å². The minimum atomic E-state index is -0.426. The predicted octanol–water partition coefficient (Wildman–Crippen LogP) is 0.275. The van der Waals surface area contributed by atoms with Gasteiger partial charge in [-0.1, -0.05) is 17.4 Å². The van der Waals surface area contributed by atoms with Crippen LogP contribution in [0, 0.1) is 5.41 Å². The molecule has 3 aliphatic rings. The van der Waals surface area contributed by atoms with Gasteiger partial charge in [0.2, 0.25) is 5.13 Å². The molecule has 0 radical (unpaired) electrons. The number of nitrogens with zero attached hydrogens (tertiary/aromatic N) is 2. The molecule has 0 atom stereocenters. The van der Waals surface area contributed by atoms with Crippen molar-refractivity contribution in [2.75, 3.05) is 0 Å². The van der Waals surface area contributed by atoms with E-state index in [2.05, 4.69) is 10.1 Å². The second kappa shape index (κ2) is 5.66. The topological polar surface area (TPSA) is 91.6 Å². The summed E-state index contributed by atoms with van der Waals surface area (Å²) in [5.74, 6) is -0.0681. The normalized spacial score (nSPS) is 14.9. The maximum atomic E-state index is 12.3. The van der Waals surface area contributed by atoms with Crippen molar-refractivity contribution in [3.63, 3.8) is 0 Å². The first kappa shape index (κ1) is 14.7. The second-order valence-corrected chi connectivity index (χ2v) is 6.98. The van der Waals surface area contributed by atoms with E-state index in [1.165, 1.54) is 39.5 Å². The van der Waals surface area contributed by atoms with Crippen molar-refractivity contribution in [1.29, 1.82) is 5.41 Å². The van der Waals surface area contributed by atoms with Gasteiger partial charge in [0.05, 0.1) is 5.22 Å². The highest BCUT2D eigenvalue weighted by Crippen LogP contribution is 2.09. The average Bonchev–Trinajstić information content (AvgIpc) is 3.21. The molecule has 0 unspecified atom stereocenters. The van der Waals surface area contributed by atoms with E-state index in [-0.39, 0.29) is 16.5 Å². The number of allylic oxidation sites excluding steroid dienone is 4. The summed E-state index contributed by atoms with van der Waals surface area (Å²) in [5.41, 5.74) is 0.437. The highest BCUT2D eigenvalue weighted by molar-refractivity contribution is 7.12. The van der Waals surface area contributed by atoms with Gasteiger partial charge in [0.15, 0.2) is 11.3 Å². The molecule has 0 spiro atoms. The molecular formula is C16H10N4O2S2. The molecule has 2 N–H and O–H groups in total. The Kier molecular flexibility index (Phi) is 3.47. The molecule has 8 heteroatoms. The fourth-order valence-electron chi connectivity index (χ4n) is 2.28. The number of aromatic nitrogens is 3. The number of ketones is 1. The quantitative estimate of drug-likeness (QED) is 0.657. The lowest BCUT2D eigenvalue weighted by Crippen LogP contribution is -2.47. The Morgan fingerprint density at radius 3 is 2.71 bits per heavy atom. The lowest BCUT2D eigenvalue weighted by atomic mass is 10.1. The smallest absolute Gasteiger partial charge is 0.283 e. The van der Waals surface area contributed by atoms with Crippen LogP contribution in [-0.2, 0) is 4.79 Å². The molecular weight excluding hydrogens is 344 g/mol. The minimum absolute atomic E-state index is 0.0568. The Morgan fingerprint density at radius 2 is 2.00 bits per heavy atom. The molecule has 0 amide bonds. The standard InChI is InChI=1S/C16H10N4O2S2/c17-13-12(8-11-2-1-7-23-11)14(22)18-16-20(13)19-15(24-16)9-3-5-10(21)6-4-9/h1-8,17,19H/b12-8+,17-13?. The molecule has 4 rings (SSSR count). The van der Waals surface area contributed by atoms with Crippen molar-refractivity contribution >= 4 is 40.1 Å². The largest absolute Gasteiger partial charge is 0.290 e. The van der Waals surface area contributed by atoms with E-state index >= 15 is 0 Å². The molecule has 1 aromatic heterocycles. The Hall–Kier alpha value is -2.84. The highest BCUT2D eigenvalue weighted by atomic mass is 32.1. The van der Waals surface area contributed by atoms with Crippen molar-refractivity contribution in [3.05, 3.63) is 72.4 Å². The Labute approximate surface area is 142 Å². The molecule has 3 heterocycles. The maximum absolute atomic E-state index is 12.3. The number of aromatic amines is 1. The molecule has 1 aromatic rings. The van der Waals surface area contributed by atoms with Crippen molar-refractivity contribution < 1.29 is 4.79 Å². The Balaban J connectivity index is 2.01. The van der Waals surface area contributed by atoms with Crippen LogP contribution in [0.25, 0.3) is 16.8 Å². The van der Waals surface area contributed by atoms with E-state index < -0.39 is 5.56 Å². The molecule has 0 fully saturated rings. The molecule has 2 aliphatic heterocycles. The van der Waals surface area contributed by atoms with Crippen LogP contribution in [0.15, 0.2) is 46.6 Å². The average molecular weight is 354 g/mol. The fraction of sp³-hybridized carbons (Fsp3) is 0. The predicted molar refractivity (Wildman–Crippen MR) is 92.9 cm³/mol. The monoisotopic (exact) mass is 354 g/mol. The number of thiophene rings is 1. The number of fused-ring (bicyclic) bond motifs is 1. The third kappa shape index (κ3) is 2.51. The van der Waals surface area contributed by atoms with Gasteiger partial charge in [-0.2, -0.15) is 4.98 Å². The first-order chi connectivity index (χ1) is 11.6. The summed E-state index contributed by atoms with van der Waals surface area (Å²) >= 11 is 2.76. The molecule has 0 saturated heterocycles.